The van der Waals surface area contributed by atoms with E-state index >= 15 is 0 Å². The number of rotatable bonds is 5. The van der Waals surface area contributed by atoms with Gasteiger partial charge < -0.3 is 25.3 Å². The van der Waals surface area contributed by atoms with Crippen molar-refractivity contribution in [2.45, 2.75) is 13.0 Å². The highest BCUT2D eigenvalue weighted by Gasteiger charge is 2.24. The molecule has 3 aromatic rings. The Morgan fingerprint density at radius 1 is 1.13 bits per heavy atom. The number of urea groups is 1. The molecule has 0 aliphatic carbocycles. The number of aliphatic hydroxyl groups excluding tert-OH is 1. The molecule has 1 fully saturated rings. The van der Waals surface area contributed by atoms with E-state index in [1.807, 2.05) is 42.5 Å². The number of benzene rings is 2. The first kappa shape index (κ1) is 20.7. The highest BCUT2D eigenvalue weighted by Crippen LogP contribution is 2.28. The highest BCUT2D eigenvalue weighted by molar-refractivity contribution is 5.75. The maximum atomic E-state index is 12.7. The number of phenols is 1. The quantitative estimate of drug-likeness (QED) is 0.579. The maximum Gasteiger partial charge on any atom is 0.318 e. The van der Waals surface area contributed by atoms with Crippen LogP contribution >= 0.6 is 0 Å². The van der Waals surface area contributed by atoms with Crippen molar-refractivity contribution in [2.24, 2.45) is 0 Å². The monoisotopic (exact) mass is 422 g/mol. The van der Waals surface area contributed by atoms with Gasteiger partial charge in [-0.2, -0.15) is 5.10 Å². The van der Waals surface area contributed by atoms with Gasteiger partial charge in [0.05, 0.1) is 12.6 Å². The number of piperazine rings is 1. The summed E-state index contributed by atoms with van der Waals surface area (Å²) in [7, 11) is 0. The molecule has 0 saturated carbocycles. The zero-order valence-electron chi connectivity index (χ0n) is 17.3. The van der Waals surface area contributed by atoms with Crippen LogP contribution in [0.25, 0.3) is 5.69 Å². The number of carbonyl (C=O) groups excluding carboxylic acids is 1. The highest BCUT2D eigenvalue weighted by atomic mass is 16.3. The molecule has 4 rings (SSSR count). The Hall–Kier alpha value is -3.59. The summed E-state index contributed by atoms with van der Waals surface area (Å²) in [6, 6.07) is 14.3. The van der Waals surface area contributed by atoms with Gasteiger partial charge in [0.2, 0.25) is 0 Å². The lowest BCUT2D eigenvalue weighted by Crippen LogP contribution is -2.52. The van der Waals surface area contributed by atoms with Gasteiger partial charge in [-0.15, -0.1) is 0 Å². The fourth-order valence-corrected chi connectivity index (χ4v) is 3.69. The van der Waals surface area contributed by atoms with Crippen molar-refractivity contribution in [3.63, 3.8) is 0 Å². The Morgan fingerprint density at radius 2 is 1.87 bits per heavy atom. The third-order valence-electron chi connectivity index (χ3n) is 5.43. The molecular formula is C22H26N6O3. The number of nitrogens with one attached hydrogen (secondary N) is 1. The van der Waals surface area contributed by atoms with Gasteiger partial charge in [0.1, 0.15) is 23.6 Å². The number of amides is 2. The standard InChI is InChI=1S/C22H26N6O3/c1-16-23-15-28(25-16)20-8-7-18(13-21(20)30)26-9-11-27(12-10-26)22(31)24-19(14-29)17-5-3-2-4-6-17/h2-8,13,15,19,29-30H,9-12,14H2,1H3,(H,24,31). The summed E-state index contributed by atoms with van der Waals surface area (Å²) < 4.78 is 1.54. The number of aromatic hydroxyl groups is 1. The molecule has 1 aliphatic heterocycles. The van der Waals surface area contributed by atoms with Gasteiger partial charge in [-0.05, 0) is 24.6 Å². The van der Waals surface area contributed by atoms with Crippen LogP contribution in [0, 0.1) is 6.92 Å². The number of phenolic OH excluding ortho intramolecular Hbond substituents is 1. The molecule has 0 spiro atoms. The summed E-state index contributed by atoms with van der Waals surface area (Å²) in [5, 5.41) is 27.3. The lowest BCUT2D eigenvalue weighted by Gasteiger charge is -2.36. The van der Waals surface area contributed by atoms with Crippen molar-refractivity contribution in [2.75, 3.05) is 37.7 Å². The Balaban J connectivity index is 1.36. The lowest BCUT2D eigenvalue weighted by atomic mass is 10.1. The van der Waals surface area contributed by atoms with Crippen LogP contribution in [0.2, 0.25) is 0 Å². The molecule has 0 bridgehead atoms. The number of aromatic nitrogens is 3. The van der Waals surface area contributed by atoms with Crippen LogP contribution in [0.5, 0.6) is 5.75 Å². The van der Waals surface area contributed by atoms with E-state index in [0.717, 1.165) is 11.3 Å². The zero-order chi connectivity index (χ0) is 21.8. The van der Waals surface area contributed by atoms with Crippen molar-refractivity contribution >= 4 is 11.7 Å². The van der Waals surface area contributed by atoms with Gasteiger partial charge in [0, 0.05) is 37.9 Å². The van der Waals surface area contributed by atoms with Crippen LogP contribution in [-0.2, 0) is 0 Å². The second kappa shape index (κ2) is 9.05. The zero-order valence-corrected chi connectivity index (χ0v) is 17.3. The predicted octanol–water partition coefficient (Wildman–Crippen LogP) is 1.85. The number of nitrogens with zero attached hydrogens (tertiary/aromatic N) is 5. The van der Waals surface area contributed by atoms with Crippen molar-refractivity contribution in [1.82, 2.24) is 25.0 Å². The summed E-state index contributed by atoms with van der Waals surface area (Å²) in [4.78, 5) is 20.6. The van der Waals surface area contributed by atoms with Crippen LogP contribution < -0.4 is 10.2 Å². The Labute approximate surface area is 180 Å². The number of aryl methyl sites for hydroxylation is 1. The van der Waals surface area contributed by atoms with Crippen molar-refractivity contribution < 1.29 is 15.0 Å². The second-order valence-electron chi connectivity index (χ2n) is 7.48. The minimum absolute atomic E-state index is 0.122. The van der Waals surface area contributed by atoms with Gasteiger partial charge in [-0.1, -0.05) is 30.3 Å². The van der Waals surface area contributed by atoms with E-state index in [0.29, 0.717) is 37.7 Å². The van der Waals surface area contributed by atoms with Crippen LogP contribution in [0.3, 0.4) is 0 Å². The van der Waals surface area contributed by atoms with Crippen LogP contribution in [0.15, 0.2) is 54.9 Å². The summed E-state index contributed by atoms with van der Waals surface area (Å²) in [5.74, 6) is 0.754. The molecule has 9 nitrogen and oxygen atoms in total. The summed E-state index contributed by atoms with van der Waals surface area (Å²) in [5.41, 5.74) is 2.32. The van der Waals surface area contributed by atoms with Gasteiger partial charge in [0.25, 0.3) is 0 Å². The third-order valence-corrected chi connectivity index (χ3v) is 5.43. The molecule has 3 N–H and O–H groups in total. The lowest BCUT2D eigenvalue weighted by molar-refractivity contribution is 0.179. The molecule has 1 saturated heterocycles. The fourth-order valence-electron chi connectivity index (χ4n) is 3.69. The van der Waals surface area contributed by atoms with Crippen molar-refractivity contribution in [3.8, 4) is 11.4 Å². The smallest absolute Gasteiger partial charge is 0.318 e. The van der Waals surface area contributed by atoms with Gasteiger partial charge >= 0.3 is 6.03 Å². The van der Waals surface area contributed by atoms with E-state index in [9.17, 15) is 15.0 Å². The van der Waals surface area contributed by atoms with E-state index in [-0.39, 0.29) is 18.4 Å². The SMILES string of the molecule is Cc1ncn(-c2ccc(N3CCN(C(=O)NC(CO)c4ccccc4)CC3)cc2O)n1. The van der Waals surface area contributed by atoms with E-state index in [1.54, 1.807) is 28.9 Å². The molecule has 1 aliphatic rings. The Kier molecular flexibility index (Phi) is 6.03. The minimum atomic E-state index is -0.434. The fraction of sp³-hybridized carbons (Fsp3) is 0.318. The number of hydrogen-bond donors (Lipinski definition) is 3. The Bertz CT molecular complexity index is 1030. The van der Waals surface area contributed by atoms with Gasteiger partial charge in [-0.3, -0.25) is 0 Å². The average molecular weight is 422 g/mol. The molecule has 0 radical (unpaired) electrons. The first-order chi connectivity index (χ1) is 15.0. The van der Waals surface area contributed by atoms with E-state index in [4.69, 9.17) is 0 Å². The molecular weight excluding hydrogens is 396 g/mol. The molecule has 2 amide bonds. The number of aliphatic hydroxyl groups is 1. The second-order valence-corrected chi connectivity index (χ2v) is 7.48. The number of anilines is 1. The number of carbonyl (C=O) groups is 1. The van der Waals surface area contributed by atoms with Crippen LogP contribution in [0.4, 0.5) is 10.5 Å². The molecule has 1 atom stereocenters. The Morgan fingerprint density at radius 3 is 2.48 bits per heavy atom. The molecule has 2 heterocycles. The van der Waals surface area contributed by atoms with Crippen LogP contribution in [0.1, 0.15) is 17.4 Å². The first-order valence-corrected chi connectivity index (χ1v) is 10.2. The average Bonchev–Trinajstić information content (AvgIpc) is 3.23. The van der Waals surface area contributed by atoms with E-state index in [1.165, 1.54) is 0 Å². The first-order valence-electron chi connectivity index (χ1n) is 10.2. The van der Waals surface area contributed by atoms with Crippen molar-refractivity contribution in [1.29, 1.82) is 0 Å². The predicted molar refractivity (Wildman–Crippen MR) is 116 cm³/mol. The molecule has 1 unspecified atom stereocenters. The molecule has 31 heavy (non-hydrogen) atoms. The summed E-state index contributed by atoms with van der Waals surface area (Å²) >= 11 is 0. The third kappa shape index (κ3) is 4.61. The summed E-state index contributed by atoms with van der Waals surface area (Å²) in [6.07, 6.45) is 1.57. The van der Waals surface area contributed by atoms with E-state index < -0.39 is 6.04 Å². The molecule has 2 aromatic carbocycles. The summed E-state index contributed by atoms with van der Waals surface area (Å²) in [6.45, 7) is 4.01. The minimum Gasteiger partial charge on any atom is -0.506 e. The molecule has 162 valence electrons. The normalized spacial score (nSPS) is 15.0. The van der Waals surface area contributed by atoms with Gasteiger partial charge in [-0.25, -0.2) is 14.5 Å². The topological polar surface area (TPSA) is 107 Å². The molecule has 1 aromatic heterocycles. The largest absolute Gasteiger partial charge is 0.506 e. The molecule has 9 heteroatoms. The maximum absolute atomic E-state index is 12.7. The van der Waals surface area contributed by atoms with Gasteiger partial charge in [0.15, 0.2) is 0 Å². The number of hydrogen-bond acceptors (Lipinski definition) is 6. The van der Waals surface area contributed by atoms with E-state index in [2.05, 4.69) is 20.3 Å². The van der Waals surface area contributed by atoms with Crippen molar-refractivity contribution in [3.05, 3.63) is 66.2 Å². The van der Waals surface area contributed by atoms with Crippen LogP contribution in [-0.4, -0.2) is 68.7 Å².